The standard InChI is InChI=1S/C20H23N5O/c1-15-7-5-10-19-22-17(14-25(15)19)20(26)23(2)16-8-6-12-24(13-16)18-9-3-4-11-21-18/h3-5,7,9-11,14,16H,6,8,12-13H2,1-2H3/t16-/m0/s1. The normalized spacial score (nSPS) is 17.5. The highest BCUT2D eigenvalue weighted by Gasteiger charge is 2.28. The molecule has 1 atom stereocenters. The molecule has 3 aromatic heterocycles. The Hall–Kier alpha value is -2.89. The minimum Gasteiger partial charge on any atom is -0.355 e. The molecule has 4 heterocycles. The molecule has 1 amide bonds. The summed E-state index contributed by atoms with van der Waals surface area (Å²) >= 11 is 0. The van der Waals surface area contributed by atoms with Crippen LogP contribution in [0.15, 0.2) is 48.8 Å². The molecule has 3 aromatic rings. The highest BCUT2D eigenvalue weighted by Crippen LogP contribution is 2.21. The smallest absolute Gasteiger partial charge is 0.274 e. The van der Waals surface area contributed by atoms with E-state index in [9.17, 15) is 4.79 Å². The van der Waals surface area contributed by atoms with E-state index in [2.05, 4.69) is 14.9 Å². The summed E-state index contributed by atoms with van der Waals surface area (Å²) in [5.74, 6) is 0.947. The molecule has 1 fully saturated rings. The first-order chi connectivity index (χ1) is 12.6. The number of likely N-dealkylation sites (N-methyl/N-ethyl adjacent to an activating group) is 1. The Morgan fingerprint density at radius 1 is 1.23 bits per heavy atom. The van der Waals surface area contributed by atoms with Gasteiger partial charge in [-0.15, -0.1) is 0 Å². The van der Waals surface area contributed by atoms with E-state index >= 15 is 0 Å². The van der Waals surface area contributed by atoms with Crippen molar-refractivity contribution in [2.75, 3.05) is 25.0 Å². The third-order valence-electron chi connectivity index (χ3n) is 5.15. The lowest BCUT2D eigenvalue weighted by Crippen LogP contribution is -2.49. The summed E-state index contributed by atoms with van der Waals surface area (Å²) in [4.78, 5) is 26.0. The molecule has 0 bridgehead atoms. The molecule has 0 aromatic carbocycles. The monoisotopic (exact) mass is 349 g/mol. The number of carbonyl (C=O) groups is 1. The number of hydrogen-bond donors (Lipinski definition) is 0. The topological polar surface area (TPSA) is 53.7 Å². The SMILES string of the molecule is Cc1cccc2nc(C(=O)N(C)[C@H]3CCCN(c4ccccn4)C3)cn12. The van der Waals surface area contributed by atoms with Gasteiger partial charge in [-0.1, -0.05) is 12.1 Å². The Labute approximate surface area is 153 Å². The molecule has 0 spiro atoms. The number of amides is 1. The Morgan fingerprint density at radius 2 is 2.12 bits per heavy atom. The maximum absolute atomic E-state index is 13.0. The molecule has 0 aliphatic carbocycles. The van der Waals surface area contributed by atoms with Gasteiger partial charge in [-0.25, -0.2) is 9.97 Å². The largest absolute Gasteiger partial charge is 0.355 e. The van der Waals surface area contributed by atoms with Crippen LogP contribution in [0.25, 0.3) is 5.65 Å². The summed E-state index contributed by atoms with van der Waals surface area (Å²) in [6.45, 7) is 3.78. The van der Waals surface area contributed by atoms with E-state index < -0.39 is 0 Å². The summed E-state index contributed by atoms with van der Waals surface area (Å²) < 4.78 is 1.96. The molecule has 6 heteroatoms. The van der Waals surface area contributed by atoms with E-state index in [4.69, 9.17) is 0 Å². The zero-order chi connectivity index (χ0) is 18.1. The molecule has 6 nitrogen and oxygen atoms in total. The van der Waals surface area contributed by atoms with Crippen LogP contribution in [0.4, 0.5) is 5.82 Å². The average molecular weight is 349 g/mol. The van der Waals surface area contributed by atoms with Crippen LogP contribution < -0.4 is 4.90 Å². The van der Waals surface area contributed by atoms with Crippen molar-refractivity contribution in [3.05, 3.63) is 60.2 Å². The summed E-state index contributed by atoms with van der Waals surface area (Å²) in [6.07, 6.45) is 5.69. The first-order valence-electron chi connectivity index (χ1n) is 9.01. The second-order valence-corrected chi connectivity index (χ2v) is 6.87. The van der Waals surface area contributed by atoms with Gasteiger partial charge >= 0.3 is 0 Å². The number of aryl methyl sites for hydroxylation is 1. The van der Waals surface area contributed by atoms with E-state index in [1.165, 1.54) is 0 Å². The molecule has 1 saturated heterocycles. The highest BCUT2D eigenvalue weighted by molar-refractivity contribution is 5.93. The second-order valence-electron chi connectivity index (χ2n) is 6.87. The van der Waals surface area contributed by atoms with Gasteiger partial charge in [0.2, 0.25) is 0 Å². The average Bonchev–Trinajstić information content (AvgIpc) is 3.13. The molecule has 134 valence electrons. The number of rotatable bonds is 3. The molecule has 0 radical (unpaired) electrons. The first-order valence-corrected chi connectivity index (χ1v) is 9.01. The number of imidazole rings is 1. The van der Waals surface area contributed by atoms with Crippen LogP contribution >= 0.6 is 0 Å². The quantitative estimate of drug-likeness (QED) is 0.730. The molecule has 0 N–H and O–H groups in total. The van der Waals surface area contributed by atoms with Crippen LogP contribution in [0.1, 0.15) is 29.0 Å². The number of aromatic nitrogens is 3. The van der Waals surface area contributed by atoms with Gasteiger partial charge in [0.1, 0.15) is 17.2 Å². The zero-order valence-electron chi connectivity index (χ0n) is 15.2. The first kappa shape index (κ1) is 16.6. The summed E-state index contributed by atoms with van der Waals surface area (Å²) in [5, 5.41) is 0. The number of anilines is 1. The number of hydrogen-bond acceptors (Lipinski definition) is 4. The molecule has 1 aliphatic rings. The van der Waals surface area contributed by atoms with Crippen molar-refractivity contribution in [2.45, 2.75) is 25.8 Å². The minimum atomic E-state index is -0.0269. The van der Waals surface area contributed by atoms with Gasteiger partial charge < -0.3 is 14.2 Å². The van der Waals surface area contributed by atoms with Crippen LogP contribution in [0.3, 0.4) is 0 Å². The molecule has 0 unspecified atom stereocenters. The van der Waals surface area contributed by atoms with E-state index in [1.54, 1.807) is 0 Å². The van der Waals surface area contributed by atoms with Crippen molar-refractivity contribution >= 4 is 17.4 Å². The fraction of sp³-hybridized carbons (Fsp3) is 0.350. The molecular formula is C20H23N5O. The van der Waals surface area contributed by atoms with E-state index in [1.807, 2.05) is 72.1 Å². The summed E-state index contributed by atoms with van der Waals surface area (Å²) in [5.41, 5.74) is 2.37. The van der Waals surface area contributed by atoms with E-state index in [0.29, 0.717) is 5.69 Å². The lowest BCUT2D eigenvalue weighted by molar-refractivity contribution is 0.0712. The molecular weight excluding hydrogens is 326 g/mol. The Bertz CT molecular complexity index is 920. The fourth-order valence-electron chi connectivity index (χ4n) is 3.62. The lowest BCUT2D eigenvalue weighted by Gasteiger charge is -2.38. The van der Waals surface area contributed by atoms with Gasteiger partial charge in [0.15, 0.2) is 0 Å². The van der Waals surface area contributed by atoms with Crippen molar-refractivity contribution < 1.29 is 4.79 Å². The predicted molar refractivity (Wildman–Crippen MR) is 101 cm³/mol. The Balaban J connectivity index is 1.53. The van der Waals surface area contributed by atoms with Crippen molar-refractivity contribution in [3.8, 4) is 0 Å². The number of nitrogens with zero attached hydrogens (tertiary/aromatic N) is 5. The number of piperidine rings is 1. The van der Waals surface area contributed by atoms with Crippen molar-refractivity contribution in [1.82, 2.24) is 19.3 Å². The van der Waals surface area contributed by atoms with Gasteiger partial charge in [0, 0.05) is 44.3 Å². The number of pyridine rings is 2. The summed E-state index contributed by atoms with van der Waals surface area (Å²) in [6, 6.07) is 12.0. The Kier molecular flexibility index (Phi) is 4.32. The minimum absolute atomic E-state index is 0.0269. The van der Waals surface area contributed by atoms with Gasteiger partial charge in [0.05, 0.1) is 0 Å². The fourth-order valence-corrected chi connectivity index (χ4v) is 3.62. The third-order valence-corrected chi connectivity index (χ3v) is 5.15. The van der Waals surface area contributed by atoms with Crippen molar-refractivity contribution in [1.29, 1.82) is 0 Å². The molecule has 26 heavy (non-hydrogen) atoms. The lowest BCUT2D eigenvalue weighted by atomic mass is 10.0. The van der Waals surface area contributed by atoms with Crippen LogP contribution in [0, 0.1) is 6.92 Å². The predicted octanol–water partition coefficient (Wildman–Crippen LogP) is 2.78. The van der Waals surface area contributed by atoms with Gasteiger partial charge in [-0.2, -0.15) is 0 Å². The van der Waals surface area contributed by atoms with Crippen LogP contribution in [0.2, 0.25) is 0 Å². The molecule has 4 rings (SSSR count). The maximum atomic E-state index is 13.0. The van der Waals surface area contributed by atoms with Gasteiger partial charge in [-0.05, 0) is 44.0 Å². The number of carbonyl (C=O) groups excluding carboxylic acids is 1. The van der Waals surface area contributed by atoms with Crippen LogP contribution in [-0.4, -0.2) is 51.4 Å². The molecule has 0 saturated carbocycles. The van der Waals surface area contributed by atoms with Gasteiger partial charge in [-0.3, -0.25) is 4.79 Å². The third kappa shape index (κ3) is 3.03. The van der Waals surface area contributed by atoms with Crippen LogP contribution in [0.5, 0.6) is 0 Å². The molecule has 1 aliphatic heterocycles. The Morgan fingerprint density at radius 3 is 2.88 bits per heavy atom. The van der Waals surface area contributed by atoms with Crippen molar-refractivity contribution in [3.63, 3.8) is 0 Å². The second kappa shape index (κ2) is 6.78. The van der Waals surface area contributed by atoms with Gasteiger partial charge in [0.25, 0.3) is 5.91 Å². The maximum Gasteiger partial charge on any atom is 0.274 e. The van der Waals surface area contributed by atoms with Crippen LogP contribution in [-0.2, 0) is 0 Å². The van der Waals surface area contributed by atoms with E-state index in [-0.39, 0.29) is 11.9 Å². The number of fused-ring (bicyclic) bond motifs is 1. The zero-order valence-corrected chi connectivity index (χ0v) is 15.2. The van der Waals surface area contributed by atoms with E-state index in [0.717, 1.165) is 43.1 Å². The highest BCUT2D eigenvalue weighted by atomic mass is 16.2. The van der Waals surface area contributed by atoms with Crippen molar-refractivity contribution in [2.24, 2.45) is 0 Å². The summed E-state index contributed by atoms with van der Waals surface area (Å²) in [7, 11) is 1.88.